The quantitative estimate of drug-likeness (QED) is 0.795. The minimum absolute atomic E-state index is 0.145. The highest BCUT2D eigenvalue weighted by Gasteiger charge is 2.51. The molecule has 0 unspecified atom stereocenters. The highest BCUT2D eigenvalue weighted by atomic mass is 79.9. The van der Waals surface area contributed by atoms with Gasteiger partial charge >= 0.3 is 0 Å². The van der Waals surface area contributed by atoms with E-state index in [1.54, 1.807) is 0 Å². The number of rotatable bonds is 6. The van der Waals surface area contributed by atoms with E-state index < -0.39 is 0 Å². The number of hydrogen-bond donors (Lipinski definition) is 1. The molecule has 0 atom stereocenters. The first-order chi connectivity index (χ1) is 9.00. The molecule has 0 aliphatic heterocycles. The summed E-state index contributed by atoms with van der Waals surface area (Å²) in [6.07, 6.45) is 3.01. The van der Waals surface area contributed by atoms with Crippen molar-refractivity contribution >= 4 is 21.8 Å². The third-order valence-corrected chi connectivity index (χ3v) is 4.41. The molecule has 0 heterocycles. The Labute approximate surface area is 124 Å². The zero-order valence-electron chi connectivity index (χ0n) is 11.7. The third-order valence-electron chi connectivity index (χ3n) is 4.01. The predicted molar refractivity (Wildman–Crippen MR) is 82.6 cm³/mol. The maximum atomic E-state index is 12.5. The zero-order chi connectivity index (χ0) is 13.9. The Bertz CT molecular complexity index is 437. The van der Waals surface area contributed by atoms with Crippen molar-refractivity contribution in [3.8, 4) is 0 Å². The molecule has 104 valence electrons. The van der Waals surface area contributed by atoms with Crippen molar-refractivity contribution < 1.29 is 4.79 Å². The minimum Gasteiger partial charge on any atom is -0.355 e. The molecule has 0 spiro atoms. The lowest BCUT2D eigenvalue weighted by Gasteiger charge is -2.25. The summed E-state index contributed by atoms with van der Waals surface area (Å²) in [5.74, 6) is 0.196. The van der Waals surface area contributed by atoms with Gasteiger partial charge in [0.05, 0.1) is 5.41 Å². The van der Waals surface area contributed by atoms with Crippen molar-refractivity contribution in [3.63, 3.8) is 0 Å². The van der Waals surface area contributed by atoms with Gasteiger partial charge < -0.3 is 5.32 Å². The van der Waals surface area contributed by atoms with Crippen molar-refractivity contribution in [1.29, 1.82) is 0 Å². The average Bonchev–Trinajstić information content (AvgIpc) is 3.19. The molecule has 1 aromatic carbocycles. The Kier molecular flexibility index (Phi) is 4.34. The van der Waals surface area contributed by atoms with E-state index in [-0.39, 0.29) is 16.7 Å². The van der Waals surface area contributed by atoms with Gasteiger partial charge in [-0.2, -0.15) is 0 Å². The van der Waals surface area contributed by atoms with Gasteiger partial charge in [0, 0.05) is 11.9 Å². The van der Waals surface area contributed by atoms with Crippen LogP contribution in [-0.4, -0.2) is 17.8 Å². The average molecular weight is 324 g/mol. The van der Waals surface area contributed by atoms with E-state index in [1.807, 2.05) is 18.2 Å². The fourth-order valence-electron chi connectivity index (χ4n) is 2.36. The molecular formula is C16H22BrNO. The summed E-state index contributed by atoms with van der Waals surface area (Å²) < 4.78 is 0. The van der Waals surface area contributed by atoms with Crippen LogP contribution in [-0.2, 0) is 10.2 Å². The molecule has 1 saturated carbocycles. The number of halogens is 1. The number of nitrogens with one attached hydrogen (secondary N) is 1. The Hall–Kier alpha value is -0.830. The number of carbonyl (C=O) groups is 1. The first-order valence-electron chi connectivity index (χ1n) is 6.90. The number of alkyl halides is 1. The lowest BCUT2D eigenvalue weighted by atomic mass is 9.89. The SMILES string of the molecule is CC(C)(CCBr)CNC(=O)C1(c2ccccc2)CC1. The standard InChI is InChI=1S/C16H22BrNO/c1-15(2,10-11-17)12-18-14(19)16(8-9-16)13-6-4-3-5-7-13/h3-7H,8-12H2,1-2H3,(H,18,19). The number of hydrogen-bond acceptors (Lipinski definition) is 1. The monoisotopic (exact) mass is 323 g/mol. The van der Waals surface area contributed by atoms with E-state index >= 15 is 0 Å². The Morgan fingerprint density at radius 1 is 1.32 bits per heavy atom. The molecule has 0 aromatic heterocycles. The van der Waals surface area contributed by atoms with Crippen molar-refractivity contribution in [2.45, 2.75) is 38.5 Å². The molecule has 0 radical (unpaired) electrons. The van der Waals surface area contributed by atoms with Crippen molar-refractivity contribution in [1.82, 2.24) is 5.32 Å². The topological polar surface area (TPSA) is 29.1 Å². The first-order valence-corrected chi connectivity index (χ1v) is 8.02. The van der Waals surface area contributed by atoms with Gasteiger partial charge in [0.15, 0.2) is 0 Å². The Balaban J connectivity index is 1.98. The molecule has 19 heavy (non-hydrogen) atoms. The lowest BCUT2D eigenvalue weighted by Crippen LogP contribution is -2.40. The molecule has 1 aliphatic rings. The predicted octanol–water partition coefficient (Wildman–Crippen LogP) is 3.65. The molecule has 0 saturated heterocycles. The highest BCUT2D eigenvalue weighted by molar-refractivity contribution is 9.09. The maximum absolute atomic E-state index is 12.5. The smallest absolute Gasteiger partial charge is 0.230 e. The van der Waals surface area contributed by atoms with Gasteiger partial charge in [0.2, 0.25) is 5.91 Å². The molecular weight excluding hydrogens is 302 g/mol. The minimum atomic E-state index is -0.244. The van der Waals surface area contributed by atoms with E-state index in [0.717, 1.165) is 36.7 Å². The van der Waals surface area contributed by atoms with E-state index in [9.17, 15) is 4.79 Å². The van der Waals surface area contributed by atoms with Crippen LogP contribution in [0.1, 0.15) is 38.7 Å². The van der Waals surface area contributed by atoms with Crippen LogP contribution in [0.5, 0.6) is 0 Å². The molecule has 0 bridgehead atoms. The Morgan fingerprint density at radius 3 is 2.47 bits per heavy atom. The van der Waals surface area contributed by atoms with E-state index in [4.69, 9.17) is 0 Å². The van der Waals surface area contributed by atoms with Gasteiger partial charge in [-0.25, -0.2) is 0 Å². The fourth-order valence-corrected chi connectivity index (χ4v) is 3.44. The van der Waals surface area contributed by atoms with Crippen LogP contribution >= 0.6 is 15.9 Å². The molecule has 1 fully saturated rings. The van der Waals surface area contributed by atoms with E-state index in [0.29, 0.717) is 0 Å². The highest BCUT2D eigenvalue weighted by Crippen LogP contribution is 2.48. The number of carbonyl (C=O) groups excluding carboxylic acids is 1. The second kappa shape index (κ2) is 5.66. The summed E-state index contributed by atoms with van der Waals surface area (Å²) >= 11 is 3.47. The lowest BCUT2D eigenvalue weighted by molar-refractivity contribution is -0.124. The molecule has 1 aliphatic carbocycles. The molecule has 2 nitrogen and oxygen atoms in total. The summed E-state index contributed by atoms with van der Waals surface area (Å²) in [5, 5.41) is 4.12. The number of benzene rings is 1. The maximum Gasteiger partial charge on any atom is 0.230 e. The van der Waals surface area contributed by atoms with Crippen LogP contribution in [0.25, 0.3) is 0 Å². The largest absolute Gasteiger partial charge is 0.355 e. The first kappa shape index (κ1) is 14.6. The van der Waals surface area contributed by atoms with Crippen molar-refractivity contribution in [2.75, 3.05) is 11.9 Å². The number of amides is 1. The second-order valence-electron chi connectivity index (χ2n) is 6.23. The molecule has 1 N–H and O–H groups in total. The van der Waals surface area contributed by atoms with Crippen LogP contribution in [0, 0.1) is 5.41 Å². The van der Waals surface area contributed by atoms with Crippen LogP contribution in [0.4, 0.5) is 0 Å². The fraction of sp³-hybridized carbons (Fsp3) is 0.562. The molecule has 1 aromatic rings. The van der Waals surface area contributed by atoms with Gasteiger partial charge in [0.1, 0.15) is 0 Å². The van der Waals surface area contributed by atoms with Crippen LogP contribution < -0.4 is 5.32 Å². The summed E-state index contributed by atoms with van der Waals surface area (Å²) in [6.45, 7) is 5.12. The third kappa shape index (κ3) is 3.38. The Morgan fingerprint density at radius 2 is 1.95 bits per heavy atom. The van der Waals surface area contributed by atoms with E-state index in [2.05, 4.69) is 47.2 Å². The van der Waals surface area contributed by atoms with Crippen molar-refractivity contribution in [3.05, 3.63) is 35.9 Å². The summed E-state index contributed by atoms with van der Waals surface area (Å²) in [5.41, 5.74) is 1.06. The summed E-state index contributed by atoms with van der Waals surface area (Å²) in [7, 11) is 0. The van der Waals surface area contributed by atoms with Gasteiger partial charge in [-0.1, -0.05) is 60.1 Å². The van der Waals surface area contributed by atoms with Gasteiger partial charge in [0.25, 0.3) is 0 Å². The van der Waals surface area contributed by atoms with Gasteiger partial charge in [-0.05, 0) is 30.2 Å². The van der Waals surface area contributed by atoms with Crippen LogP contribution in [0.2, 0.25) is 0 Å². The summed E-state index contributed by atoms with van der Waals surface area (Å²) in [4.78, 5) is 12.5. The zero-order valence-corrected chi connectivity index (χ0v) is 13.3. The molecule has 2 rings (SSSR count). The van der Waals surface area contributed by atoms with Gasteiger partial charge in [-0.15, -0.1) is 0 Å². The van der Waals surface area contributed by atoms with Crippen molar-refractivity contribution in [2.24, 2.45) is 5.41 Å². The van der Waals surface area contributed by atoms with Crippen LogP contribution in [0.15, 0.2) is 30.3 Å². The molecule has 1 amide bonds. The normalized spacial score (nSPS) is 17.0. The van der Waals surface area contributed by atoms with Crippen LogP contribution in [0.3, 0.4) is 0 Å². The molecule has 3 heteroatoms. The van der Waals surface area contributed by atoms with Gasteiger partial charge in [-0.3, -0.25) is 4.79 Å². The van der Waals surface area contributed by atoms with E-state index in [1.165, 1.54) is 0 Å². The second-order valence-corrected chi connectivity index (χ2v) is 7.03. The summed E-state index contributed by atoms with van der Waals surface area (Å²) in [6, 6.07) is 10.2.